The quantitative estimate of drug-likeness (QED) is 0.681. The van der Waals surface area contributed by atoms with Crippen molar-refractivity contribution >= 4 is 11.8 Å². The lowest BCUT2D eigenvalue weighted by atomic mass is 10.1. The third-order valence-corrected chi connectivity index (χ3v) is 4.17. The van der Waals surface area contributed by atoms with Gasteiger partial charge in [-0.15, -0.1) is 16.9 Å². The second-order valence-electron chi connectivity index (χ2n) is 4.96. The maximum atomic E-state index is 4.38. The summed E-state index contributed by atoms with van der Waals surface area (Å²) in [6.45, 7) is 2.83. The number of thioether (sulfide) groups is 1. The Morgan fingerprint density at radius 1 is 1.00 bits per heavy atom. The van der Waals surface area contributed by atoms with Crippen LogP contribution < -0.4 is 0 Å². The van der Waals surface area contributed by atoms with E-state index in [9.17, 15) is 0 Å². The molecule has 0 aliphatic heterocycles. The Morgan fingerprint density at radius 3 is 2.38 bits per heavy atom. The monoisotopic (exact) mass is 295 g/mol. The van der Waals surface area contributed by atoms with Crippen LogP contribution in [0, 0.1) is 6.92 Å². The minimum absolute atomic E-state index is 0.746. The van der Waals surface area contributed by atoms with Crippen LogP contribution in [-0.4, -0.2) is 21.2 Å². The molecule has 3 rings (SSSR count). The zero-order chi connectivity index (χ0) is 14.7. The molecule has 4 heteroatoms. The molecule has 3 nitrogen and oxygen atoms in total. The van der Waals surface area contributed by atoms with Crippen LogP contribution in [0.4, 0.5) is 0 Å². The molecule has 0 fully saturated rings. The number of aryl methyl sites for hydroxylation is 1. The molecule has 0 unspecified atom stereocenters. The van der Waals surface area contributed by atoms with E-state index in [2.05, 4.69) is 59.9 Å². The largest absolute Gasteiger partial charge is 0.234 e. The first-order valence-corrected chi connectivity index (χ1v) is 8.09. The van der Waals surface area contributed by atoms with Crippen molar-refractivity contribution < 1.29 is 0 Å². The van der Waals surface area contributed by atoms with Gasteiger partial charge in [-0.3, -0.25) is 0 Å². The highest BCUT2D eigenvalue weighted by Crippen LogP contribution is 2.28. The fourth-order valence-corrected chi connectivity index (χ4v) is 2.92. The van der Waals surface area contributed by atoms with Crippen molar-refractivity contribution in [3.8, 4) is 11.3 Å². The maximum Gasteiger partial charge on any atom is 0.126 e. The number of rotatable bonds is 4. The number of benzene rings is 2. The molecule has 1 heterocycles. The van der Waals surface area contributed by atoms with E-state index in [1.165, 1.54) is 11.1 Å². The van der Waals surface area contributed by atoms with E-state index in [4.69, 9.17) is 0 Å². The fraction of sp³-hybridized carbons (Fsp3) is 0.176. The minimum Gasteiger partial charge on any atom is -0.234 e. The van der Waals surface area contributed by atoms with Crippen molar-refractivity contribution in [1.29, 1.82) is 0 Å². The van der Waals surface area contributed by atoms with Gasteiger partial charge in [0.1, 0.15) is 10.7 Å². The summed E-state index contributed by atoms with van der Waals surface area (Å²) in [5, 5.41) is 9.80. The van der Waals surface area contributed by atoms with Crippen LogP contribution in [0.1, 0.15) is 11.1 Å². The van der Waals surface area contributed by atoms with E-state index < -0.39 is 0 Å². The lowest BCUT2D eigenvalue weighted by molar-refractivity contribution is 0.605. The Hall–Kier alpha value is -2.07. The van der Waals surface area contributed by atoms with Gasteiger partial charge in [-0.25, -0.2) is 4.68 Å². The smallest absolute Gasteiger partial charge is 0.126 e. The molecule has 2 aromatic carbocycles. The van der Waals surface area contributed by atoms with Crippen molar-refractivity contribution in [3.05, 3.63) is 65.7 Å². The number of hydrogen-bond acceptors (Lipinski definition) is 3. The highest BCUT2D eigenvalue weighted by atomic mass is 32.2. The van der Waals surface area contributed by atoms with Gasteiger partial charge in [0.05, 0.1) is 6.54 Å². The highest BCUT2D eigenvalue weighted by Gasteiger charge is 2.13. The minimum atomic E-state index is 0.746. The molecule has 3 aromatic rings. The normalized spacial score (nSPS) is 10.8. The summed E-state index contributed by atoms with van der Waals surface area (Å²) in [7, 11) is 0. The van der Waals surface area contributed by atoms with Crippen LogP contribution in [0.25, 0.3) is 11.3 Å². The van der Waals surface area contributed by atoms with E-state index in [0.717, 1.165) is 22.8 Å². The van der Waals surface area contributed by atoms with Gasteiger partial charge in [0.25, 0.3) is 0 Å². The molecule has 0 spiro atoms. The predicted molar refractivity (Wildman–Crippen MR) is 87.5 cm³/mol. The molecule has 0 radical (unpaired) electrons. The van der Waals surface area contributed by atoms with Gasteiger partial charge in [-0.2, -0.15) is 0 Å². The Morgan fingerprint density at radius 2 is 1.71 bits per heavy atom. The number of hydrogen-bond donors (Lipinski definition) is 0. The molecular formula is C17H17N3S. The standard InChI is InChI=1S/C17H17N3S/c1-13-8-10-15(11-9-13)16-17(21-2)20(19-18-16)12-14-6-4-3-5-7-14/h3-11H,12H2,1-2H3. The third-order valence-electron chi connectivity index (χ3n) is 3.38. The van der Waals surface area contributed by atoms with E-state index in [0.29, 0.717) is 0 Å². The zero-order valence-electron chi connectivity index (χ0n) is 12.2. The maximum absolute atomic E-state index is 4.38. The Bertz CT molecular complexity index is 718. The number of nitrogens with zero attached hydrogens (tertiary/aromatic N) is 3. The van der Waals surface area contributed by atoms with Crippen molar-refractivity contribution in [3.63, 3.8) is 0 Å². The Kier molecular flexibility index (Phi) is 4.06. The van der Waals surface area contributed by atoms with Gasteiger partial charge in [-0.1, -0.05) is 65.4 Å². The first kappa shape index (κ1) is 13.9. The molecular weight excluding hydrogens is 278 g/mol. The zero-order valence-corrected chi connectivity index (χ0v) is 13.0. The van der Waals surface area contributed by atoms with Crippen LogP contribution in [0.3, 0.4) is 0 Å². The van der Waals surface area contributed by atoms with Crippen molar-refractivity contribution in [2.24, 2.45) is 0 Å². The van der Waals surface area contributed by atoms with Crippen LogP contribution in [-0.2, 0) is 6.54 Å². The molecule has 21 heavy (non-hydrogen) atoms. The van der Waals surface area contributed by atoms with E-state index in [1.54, 1.807) is 11.8 Å². The van der Waals surface area contributed by atoms with Gasteiger partial charge in [-0.05, 0) is 18.7 Å². The molecule has 0 saturated heterocycles. The molecule has 0 aliphatic rings. The summed E-state index contributed by atoms with van der Waals surface area (Å²) < 4.78 is 1.97. The first-order valence-electron chi connectivity index (χ1n) is 6.86. The highest BCUT2D eigenvalue weighted by molar-refractivity contribution is 7.98. The summed E-state index contributed by atoms with van der Waals surface area (Å²) in [6, 6.07) is 18.8. The second kappa shape index (κ2) is 6.14. The van der Waals surface area contributed by atoms with Crippen LogP contribution in [0.2, 0.25) is 0 Å². The van der Waals surface area contributed by atoms with Gasteiger partial charge < -0.3 is 0 Å². The Balaban J connectivity index is 1.95. The summed E-state index contributed by atoms with van der Waals surface area (Å²) >= 11 is 1.68. The van der Waals surface area contributed by atoms with Crippen molar-refractivity contribution in [2.75, 3.05) is 6.26 Å². The average Bonchev–Trinajstić information content (AvgIpc) is 2.92. The van der Waals surface area contributed by atoms with Crippen molar-refractivity contribution in [2.45, 2.75) is 18.5 Å². The van der Waals surface area contributed by atoms with Crippen LogP contribution in [0.5, 0.6) is 0 Å². The van der Waals surface area contributed by atoms with E-state index >= 15 is 0 Å². The van der Waals surface area contributed by atoms with Crippen LogP contribution in [0.15, 0.2) is 59.6 Å². The average molecular weight is 295 g/mol. The second-order valence-corrected chi connectivity index (χ2v) is 5.75. The van der Waals surface area contributed by atoms with E-state index in [-0.39, 0.29) is 0 Å². The number of aromatic nitrogens is 3. The molecule has 0 atom stereocenters. The molecule has 1 aromatic heterocycles. The summed E-state index contributed by atoms with van der Waals surface area (Å²) in [6.07, 6.45) is 2.07. The molecule has 106 valence electrons. The van der Waals surface area contributed by atoms with Gasteiger partial charge in [0.2, 0.25) is 0 Å². The predicted octanol–water partition coefficient (Wildman–Crippen LogP) is 4.02. The van der Waals surface area contributed by atoms with Gasteiger partial charge in [0, 0.05) is 5.56 Å². The summed E-state index contributed by atoms with van der Waals surface area (Å²) in [5.74, 6) is 0. The molecule has 0 bridgehead atoms. The first-order chi connectivity index (χ1) is 10.3. The van der Waals surface area contributed by atoms with E-state index in [1.807, 2.05) is 22.9 Å². The lowest BCUT2D eigenvalue weighted by Gasteiger charge is -2.06. The van der Waals surface area contributed by atoms with Crippen LogP contribution >= 0.6 is 11.8 Å². The molecule has 0 aliphatic carbocycles. The topological polar surface area (TPSA) is 30.7 Å². The summed E-state index contributed by atoms with van der Waals surface area (Å²) in [4.78, 5) is 0. The molecule has 0 amide bonds. The molecule has 0 N–H and O–H groups in total. The summed E-state index contributed by atoms with van der Waals surface area (Å²) in [5.41, 5.74) is 4.55. The Labute approximate surface area is 129 Å². The SMILES string of the molecule is CSc1c(-c2ccc(C)cc2)nnn1Cc1ccccc1. The fourth-order valence-electron chi connectivity index (χ4n) is 2.26. The van der Waals surface area contributed by atoms with Gasteiger partial charge >= 0.3 is 0 Å². The van der Waals surface area contributed by atoms with Gasteiger partial charge in [0.15, 0.2) is 0 Å². The third kappa shape index (κ3) is 3.00. The lowest BCUT2D eigenvalue weighted by Crippen LogP contribution is -2.03. The van der Waals surface area contributed by atoms with Crippen molar-refractivity contribution in [1.82, 2.24) is 15.0 Å². The molecule has 0 saturated carbocycles.